The first-order valence-electron chi connectivity index (χ1n) is 5.56. The maximum Gasteiger partial charge on any atom is 0.306 e. The molecule has 1 fully saturated rings. The van der Waals surface area contributed by atoms with Gasteiger partial charge >= 0.3 is 5.97 Å². The number of carbonyl (C=O) groups is 1. The Bertz CT molecular complexity index is 403. The molecule has 0 saturated heterocycles. The van der Waals surface area contributed by atoms with E-state index in [1.54, 1.807) is 0 Å². The molecule has 1 aromatic rings. The van der Waals surface area contributed by atoms with Crippen molar-refractivity contribution in [3.05, 3.63) is 34.9 Å². The van der Waals surface area contributed by atoms with Gasteiger partial charge in [-0.3, -0.25) is 4.79 Å². The van der Waals surface area contributed by atoms with Crippen LogP contribution in [0, 0.1) is 17.8 Å². The maximum absolute atomic E-state index is 10.8. The predicted molar refractivity (Wildman–Crippen MR) is 63.6 cm³/mol. The van der Waals surface area contributed by atoms with Gasteiger partial charge in [0.05, 0.1) is 5.92 Å². The Labute approximate surface area is 100 Å². The van der Waals surface area contributed by atoms with E-state index < -0.39 is 5.97 Å². The number of carboxylic acids is 1. The van der Waals surface area contributed by atoms with E-state index in [0.29, 0.717) is 11.8 Å². The SMILES string of the molecule is CC(Cc1ccccc1Cl)C1CC1C(=O)O. The highest BCUT2D eigenvalue weighted by Crippen LogP contribution is 2.45. The number of benzene rings is 1. The topological polar surface area (TPSA) is 37.3 Å². The molecule has 86 valence electrons. The molecule has 1 saturated carbocycles. The van der Waals surface area contributed by atoms with Gasteiger partial charge in [-0.05, 0) is 36.3 Å². The summed E-state index contributed by atoms with van der Waals surface area (Å²) < 4.78 is 0. The summed E-state index contributed by atoms with van der Waals surface area (Å²) in [6.07, 6.45) is 1.69. The van der Waals surface area contributed by atoms with Gasteiger partial charge in [-0.25, -0.2) is 0 Å². The Kier molecular flexibility index (Phi) is 3.20. The van der Waals surface area contributed by atoms with Crippen molar-refractivity contribution >= 4 is 17.6 Å². The summed E-state index contributed by atoms with van der Waals surface area (Å²) in [7, 11) is 0. The Morgan fingerprint density at radius 1 is 1.56 bits per heavy atom. The second kappa shape index (κ2) is 4.46. The summed E-state index contributed by atoms with van der Waals surface area (Å²) in [5, 5.41) is 9.65. The average Bonchev–Trinajstić information content (AvgIpc) is 3.01. The van der Waals surface area contributed by atoms with E-state index in [1.165, 1.54) is 0 Å². The van der Waals surface area contributed by atoms with Gasteiger partial charge in [-0.1, -0.05) is 36.7 Å². The summed E-state index contributed by atoms with van der Waals surface area (Å²) in [6.45, 7) is 2.11. The molecule has 1 aliphatic carbocycles. The lowest BCUT2D eigenvalue weighted by Gasteiger charge is -2.11. The summed E-state index contributed by atoms with van der Waals surface area (Å²) in [5.74, 6) is -0.0664. The number of aliphatic carboxylic acids is 1. The van der Waals surface area contributed by atoms with Gasteiger partial charge in [0.15, 0.2) is 0 Å². The lowest BCUT2D eigenvalue weighted by Crippen LogP contribution is -2.08. The number of rotatable bonds is 4. The van der Waals surface area contributed by atoms with Crippen molar-refractivity contribution < 1.29 is 9.90 Å². The molecule has 0 radical (unpaired) electrons. The van der Waals surface area contributed by atoms with Crippen LogP contribution in [-0.2, 0) is 11.2 Å². The molecule has 0 heterocycles. The summed E-state index contributed by atoms with van der Waals surface area (Å²) in [6, 6.07) is 7.77. The molecule has 3 unspecified atom stereocenters. The standard InChI is InChI=1S/C13H15ClO2/c1-8(10-7-11(10)13(15)16)6-9-4-2-3-5-12(9)14/h2-5,8,10-11H,6-7H2,1H3,(H,15,16). The molecule has 1 N–H and O–H groups in total. The fourth-order valence-electron chi connectivity index (χ4n) is 2.29. The van der Waals surface area contributed by atoms with E-state index in [4.69, 9.17) is 16.7 Å². The lowest BCUT2D eigenvalue weighted by molar-refractivity contribution is -0.139. The molecule has 2 nitrogen and oxygen atoms in total. The molecule has 0 spiro atoms. The molecule has 3 atom stereocenters. The normalized spacial score (nSPS) is 25.1. The van der Waals surface area contributed by atoms with Gasteiger partial charge in [0.1, 0.15) is 0 Å². The van der Waals surface area contributed by atoms with E-state index in [0.717, 1.165) is 23.4 Å². The molecular formula is C13H15ClO2. The molecule has 2 rings (SSSR count). The zero-order chi connectivity index (χ0) is 11.7. The average molecular weight is 239 g/mol. The van der Waals surface area contributed by atoms with Crippen molar-refractivity contribution in [3.63, 3.8) is 0 Å². The number of halogens is 1. The quantitative estimate of drug-likeness (QED) is 0.875. The van der Waals surface area contributed by atoms with Crippen LogP contribution >= 0.6 is 11.6 Å². The monoisotopic (exact) mass is 238 g/mol. The fraction of sp³-hybridized carbons (Fsp3) is 0.462. The van der Waals surface area contributed by atoms with Gasteiger partial charge in [-0.15, -0.1) is 0 Å². The Morgan fingerprint density at radius 2 is 2.25 bits per heavy atom. The van der Waals surface area contributed by atoms with Crippen molar-refractivity contribution in [1.29, 1.82) is 0 Å². The molecule has 1 aromatic carbocycles. The second-order valence-electron chi connectivity index (χ2n) is 4.62. The van der Waals surface area contributed by atoms with Gasteiger partial charge in [-0.2, -0.15) is 0 Å². The first kappa shape index (κ1) is 11.5. The molecule has 0 amide bonds. The number of hydrogen-bond donors (Lipinski definition) is 1. The van der Waals surface area contributed by atoms with Gasteiger partial charge in [0.25, 0.3) is 0 Å². The largest absolute Gasteiger partial charge is 0.481 e. The van der Waals surface area contributed by atoms with Crippen molar-refractivity contribution in [1.82, 2.24) is 0 Å². The van der Waals surface area contributed by atoms with Crippen LogP contribution in [0.25, 0.3) is 0 Å². The van der Waals surface area contributed by atoms with Crippen LogP contribution in [-0.4, -0.2) is 11.1 Å². The van der Waals surface area contributed by atoms with Crippen LogP contribution in [0.4, 0.5) is 0 Å². The Balaban J connectivity index is 1.96. The van der Waals surface area contributed by atoms with Crippen molar-refractivity contribution in [2.75, 3.05) is 0 Å². The van der Waals surface area contributed by atoms with Crippen LogP contribution in [0.2, 0.25) is 5.02 Å². The number of hydrogen-bond acceptors (Lipinski definition) is 1. The van der Waals surface area contributed by atoms with Crippen molar-refractivity contribution in [3.8, 4) is 0 Å². The van der Waals surface area contributed by atoms with Gasteiger partial charge < -0.3 is 5.11 Å². The summed E-state index contributed by atoms with van der Waals surface area (Å²) >= 11 is 6.08. The fourth-order valence-corrected chi connectivity index (χ4v) is 2.50. The van der Waals surface area contributed by atoms with Crippen LogP contribution < -0.4 is 0 Å². The zero-order valence-corrected chi connectivity index (χ0v) is 9.95. The van der Waals surface area contributed by atoms with Crippen molar-refractivity contribution in [2.45, 2.75) is 19.8 Å². The molecule has 0 aromatic heterocycles. The zero-order valence-electron chi connectivity index (χ0n) is 9.19. The third-order valence-electron chi connectivity index (χ3n) is 3.39. The molecular weight excluding hydrogens is 224 g/mol. The van der Waals surface area contributed by atoms with Crippen LogP contribution in [0.1, 0.15) is 18.9 Å². The van der Waals surface area contributed by atoms with Crippen LogP contribution in [0.15, 0.2) is 24.3 Å². The maximum atomic E-state index is 10.8. The van der Waals surface area contributed by atoms with E-state index >= 15 is 0 Å². The minimum absolute atomic E-state index is 0.127. The molecule has 16 heavy (non-hydrogen) atoms. The minimum atomic E-state index is -0.656. The third kappa shape index (κ3) is 2.38. The van der Waals surface area contributed by atoms with Gasteiger partial charge in [0.2, 0.25) is 0 Å². The Morgan fingerprint density at radius 3 is 2.81 bits per heavy atom. The van der Waals surface area contributed by atoms with E-state index in [1.807, 2.05) is 24.3 Å². The smallest absolute Gasteiger partial charge is 0.306 e. The molecule has 1 aliphatic rings. The van der Waals surface area contributed by atoms with Crippen LogP contribution in [0.3, 0.4) is 0 Å². The number of carboxylic acid groups (broad SMARTS) is 1. The third-order valence-corrected chi connectivity index (χ3v) is 3.76. The van der Waals surface area contributed by atoms with E-state index in [2.05, 4.69) is 6.92 Å². The lowest BCUT2D eigenvalue weighted by atomic mass is 9.95. The van der Waals surface area contributed by atoms with Crippen LogP contribution in [0.5, 0.6) is 0 Å². The van der Waals surface area contributed by atoms with E-state index in [9.17, 15) is 4.79 Å². The summed E-state index contributed by atoms with van der Waals surface area (Å²) in [5.41, 5.74) is 1.12. The first-order chi connectivity index (χ1) is 7.59. The second-order valence-corrected chi connectivity index (χ2v) is 5.02. The predicted octanol–water partition coefficient (Wildman–Crippen LogP) is 3.24. The molecule has 3 heteroatoms. The van der Waals surface area contributed by atoms with Gasteiger partial charge in [0, 0.05) is 5.02 Å². The van der Waals surface area contributed by atoms with E-state index in [-0.39, 0.29) is 5.92 Å². The highest BCUT2D eigenvalue weighted by Gasteiger charge is 2.46. The highest BCUT2D eigenvalue weighted by atomic mass is 35.5. The van der Waals surface area contributed by atoms with Crippen molar-refractivity contribution in [2.24, 2.45) is 17.8 Å². The summed E-state index contributed by atoms with van der Waals surface area (Å²) in [4.78, 5) is 10.8. The highest BCUT2D eigenvalue weighted by molar-refractivity contribution is 6.31. The minimum Gasteiger partial charge on any atom is -0.481 e. The molecule has 0 bridgehead atoms. The first-order valence-corrected chi connectivity index (χ1v) is 5.93. The molecule has 0 aliphatic heterocycles. The Hall–Kier alpha value is -1.02.